The van der Waals surface area contributed by atoms with Crippen molar-refractivity contribution in [3.05, 3.63) is 0 Å². The van der Waals surface area contributed by atoms with Crippen LogP contribution in [0.15, 0.2) is 0 Å². The minimum atomic E-state index is 0.169. The van der Waals surface area contributed by atoms with Crippen molar-refractivity contribution in [2.24, 2.45) is 17.8 Å². The maximum Gasteiger partial charge on any atom is 0.225 e. The first-order valence-electron chi connectivity index (χ1n) is 9.73. The third kappa shape index (κ3) is 4.37. The molecule has 3 aliphatic rings. The average Bonchev–Trinajstić information content (AvgIpc) is 3.05. The Balaban J connectivity index is 1.42. The summed E-state index contributed by atoms with van der Waals surface area (Å²) in [5.41, 5.74) is 0. The van der Waals surface area contributed by atoms with E-state index in [4.69, 9.17) is 0 Å². The van der Waals surface area contributed by atoms with Gasteiger partial charge in [-0.1, -0.05) is 0 Å². The van der Waals surface area contributed by atoms with Crippen LogP contribution in [0.1, 0.15) is 39.0 Å². The van der Waals surface area contributed by atoms with Gasteiger partial charge in [-0.25, -0.2) is 0 Å². The maximum absolute atomic E-state index is 12.8. The predicted molar refractivity (Wildman–Crippen MR) is 94.8 cm³/mol. The quantitative estimate of drug-likeness (QED) is 0.780. The van der Waals surface area contributed by atoms with Gasteiger partial charge in [0.05, 0.1) is 0 Å². The second kappa shape index (κ2) is 7.96. The molecule has 1 saturated carbocycles. The summed E-state index contributed by atoms with van der Waals surface area (Å²) in [4.78, 5) is 31.3. The lowest BCUT2D eigenvalue weighted by Gasteiger charge is -2.34. The Bertz CT molecular complexity index is 452. The minimum Gasteiger partial charge on any atom is -0.342 e. The first-order valence-corrected chi connectivity index (χ1v) is 9.73. The molecule has 0 bridgehead atoms. The van der Waals surface area contributed by atoms with Gasteiger partial charge in [0.1, 0.15) is 5.78 Å². The fourth-order valence-electron chi connectivity index (χ4n) is 4.58. The molecule has 5 nitrogen and oxygen atoms in total. The largest absolute Gasteiger partial charge is 0.342 e. The molecular weight excluding hydrogens is 302 g/mol. The second-order valence-electron chi connectivity index (χ2n) is 8.20. The number of nitrogens with zero attached hydrogens (tertiary/aromatic N) is 3. The number of ketones is 1. The van der Waals surface area contributed by atoms with Gasteiger partial charge >= 0.3 is 0 Å². The number of hydrogen-bond donors (Lipinski definition) is 0. The van der Waals surface area contributed by atoms with Crippen LogP contribution in [0.5, 0.6) is 0 Å². The topological polar surface area (TPSA) is 43.9 Å². The zero-order valence-electron chi connectivity index (χ0n) is 15.4. The Hall–Kier alpha value is -0.940. The molecule has 0 radical (unpaired) electrons. The van der Waals surface area contributed by atoms with E-state index in [1.165, 1.54) is 0 Å². The van der Waals surface area contributed by atoms with E-state index in [1.54, 1.807) is 6.92 Å². The highest BCUT2D eigenvalue weighted by atomic mass is 16.2. The zero-order valence-corrected chi connectivity index (χ0v) is 15.4. The first kappa shape index (κ1) is 17.9. The number of hydrogen-bond acceptors (Lipinski definition) is 4. The van der Waals surface area contributed by atoms with Gasteiger partial charge in [-0.2, -0.15) is 0 Å². The summed E-state index contributed by atoms with van der Waals surface area (Å²) >= 11 is 0. The van der Waals surface area contributed by atoms with Crippen LogP contribution in [0, 0.1) is 17.8 Å². The van der Waals surface area contributed by atoms with Gasteiger partial charge in [0.15, 0.2) is 0 Å². The normalized spacial score (nSPS) is 32.9. The summed E-state index contributed by atoms with van der Waals surface area (Å²) in [5, 5.41) is 0. The zero-order chi connectivity index (χ0) is 17.1. The number of likely N-dealkylation sites (tertiary alicyclic amines) is 1. The summed E-state index contributed by atoms with van der Waals surface area (Å²) in [5.74, 6) is 1.68. The van der Waals surface area contributed by atoms with Crippen molar-refractivity contribution in [1.82, 2.24) is 14.7 Å². The van der Waals surface area contributed by atoms with Crippen LogP contribution in [-0.4, -0.2) is 79.3 Å². The molecule has 0 aromatic carbocycles. The smallest absolute Gasteiger partial charge is 0.225 e. The molecule has 1 atom stereocenters. The fourth-order valence-corrected chi connectivity index (χ4v) is 4.58. The first-order chi connectivity index (χ1) is 11.5. The Morgan fingerprint density at radius 2 is 1.50 bits per heavy atom. The molecule has 1 amide bonds. The van der Waals surface area contributed by atoms with Gasteiger partial charge in [-0.05, 0) is 52.0 Å². The third-order valence-electron chi connectivity index (χ3n) is 6.36. The van der Waals surface area contributed by atoms with E-state index in [1.807, 2.05) is 0 Å². The summed E-state index contributed by atoms with van der Waals surface area (Å²) in [6.45, 7) is 9.36. The van der Waals surface area contributed by atoms with E-state index in [0.717, 1.165) is 77.9 Å². The monoisotopic (exact) mass is 335 g/mol. The summed E-state index contributed by atoms with van der Waals surface area (Å²) in [6, 6.07) is 0. The van der Waals surface area contributed by atoms with Crippen molar-refractivity contribution in [2.75, 3.05) is 52.9 Å². The van der Waals surface area contributed by atoms with Gasteiger partial charge in [0.25, 0.3) is 0 Å². The van der Waals surface area contributed by atoms with Gasteiger partial charge in [-0.3, -0.25) is 9.59 Å². The van der Waals surface area contributed by atoms with Crippen LogP contribution in [0.25, 0.3) is 0 Å². The van der Waals surface area contributed by atoms with Crippen LogP contribution < -0.4 is 0 Å². The summed E-state index contributed by atoms with van der Waals surface area (Å²) in [6.07, 6.45) is 4.78. The van der Waals surface area contributed by atoms with Crippen molar-refractivity contribution in [1.29, 1.82) is 0 Å². The Kier molecular flexibility index (Phi) is 5.93. The van der Waals surface area contributed by atoms with Crippen molar-refractivity contribution < 1.29 is 9.59 Å². The lowest BCUT2D eigenvalue weighted by atomic mass is 9.80. The molecule has 0 N–H and O–H groups in total. The number of Topliss-reactive ketones (excluding diaryl/α,β-unsaturated/α-hetero) is 1. The van der Waals surface area contributed by atoms with E-state index in [-0.39, 0.29) is 11.8 Å². The number of likely N-dealkylation sites (N-methyl/N-ethyl adjacent to an activating group) is 1. The standard InChI is InChI=1S/C19H33N3O2/c1-15(23)17-3-5-18(6-4-17)19(24)22-8-7-16(14-22)13-21-11-9-20(2)10-12-21/h16-18H,3-14H2,1-2H3. The molecule has 5 heteroatoms. The molecule has 136 valence electrons. The lowest BCUT2D eigenvalue weighted by molar-refractivity contribution is -0.137. The highest BCUT2D eigenvalue weighted by Crippen LogP contribution is 2.32. The van der Waals surface area contributed by atoms with Crippen LogP contribution in [-0.2, 0) is 9.59 Å². The van der Waals surface area contributed by atoms with E-state index in [0.29, 0.717) is 17.6 Å². The second-order valence-corrected chi connectivity index (χ2v) is 8.20. The molecule has 3 fully saturated rings. The Morgan fingerprint density at radius 1 is 0.875 bits per heavy atom. The van der Waals surface area contributed by atoms with Gasteiger partial charge in [0.2, 0.25) is 5.91 Å². The predicted octanol–water partition coefficient (Wildman–Crippen LogP) is 1.48. The highest BCUT2D eigenvalue weighted by Gasteiger charge is 2.34. The van der Waals surface area contributed by atoms with E-state index < -0.39 is 0 Å². The molecule has 0 aromatic rings. The molecule has 24 heavy (non-hydrogen) atoms. The number of amides is 1. The third-order valence-corrected chi connectivity index (χ3v) is 6.36. The van der Waals surface area contributed by atoms with E-state index >= 15 is 0 Å². The van der Waals surface area contributed by atoms with Crippen LogP contribution in [0.2, 0.25) is 0 Å². The van der Waals surface area contributed by atoms with Crippen LogP contribution in [0.4, 0.5) is 0 Å². The molecule has 0 spiro atoms. The summed E-state index contributed by atoms with van der Waals surface area (Å²) in [7, 11) is 2.19. The number of carbonyl (C=O) groups excluding carboxylic acids is 2. The average molecular weight is 335 g/mol. The maximum atomic E-state index is 12.8. The molecule has 3 rings (SSSR count). The molecule has 0 aromatic heterocycles. The van der Waals surface area contributed by atoms with Crippen LogP contribution >= 0.6 is 0 Å². The van der Waals surface area contributed by atoms with Crippen molar-refractivity contribution in [3.63, 3.8) is 0 Å². The molecule has 2 saturated heterocycles. The number of piperazine rings is 1. The number of rotatable bonds is 4. The molecule has 1 aliphatic carbocycles. The molecule has 2 heterocycles. The van der Waals surface area contributed by atoms with Crippen molar-refractivity contribution in [3.8, 4) is 0 Å². The molecular formula is C19H33N3O2. The lowest BCUT2D eigenvalue weighted by Crippen LogP contribution is -2.46. The summed E-state index contributed by atoms with van der Waals surface area (Å²) < 4.78 is 0. The SMILES string of the molecule is CC(=O)C1CCC(C(=O)N2CCC(CN3CCN(C)CC3)C2)CC1. The van der Waals surface area contributed by atoms with Crippen LogP contribution in [0.3, 0.4) is 0 Å². The molecule has 1 unspecified atom stereocenters. The Labute approximate surface area is 146 Å². The molecule has 2 aliphatic heterocycles. The highest BCUT2D eigenvalue weighted by molar-refractivity contribution is 5.81. The van der Waals surface area contributed by atoms with Crippen molar-refractivity contribution >= 4 is 11.7 Å². The number of carbonyl (C=O) groups is 2. The van der Waals surface area contributed by atoms with Crippen molar-refractivity contribution in [2.45, 2.75) is 39.0 Å². The van der Waals surface area contributed by atoms with Gasteiger partial charge < -0.3 is 14.7 Å². The minimum absolute atomic E-state index is 0.169. The van der Waals surface area contributed by atoms with E-state index in [2.05, 4.69) is 21.7 Å². The van der Waals surface area contributed by atoms with Gasteiger partial charge in [-0.15, -0.1) is 0 Å². The van der Waals surface area contributed by atoms with E-state index in [9.17, 15) is 9.59 Å². The Morgan fingerprint density at radius 3 is 2.12 bits per heavy atom. The van der Waals surface area contributed by atoms with Gasteiger partial charge in [0, 0.05) is 57.6 Å². The fraction of sp³-hybridized carbons (Fsp3) is 0.895.